The SMILES string of the molecule is CCC(=O)C(CC1CCCC1=O)NC(=O)C1C2CCCC2CN1C(=O)c1cc2c(OC(F)F)cc(Cl)cc2[nH]1. The van der Waals surface area contributed by atoms with Gasteiger partial charge < -0.3 is 19.9 Å². The number of hydrogen-bond donors (Lipinski definition) is 2. The number of halogens is 3. The van der Waals surface area contributed by atoms with Crippen molar-refractivity contribution in [2.24, 2.45) is 17.8 Å². The molecular weight excluding hydrogens is 532 g/mol. The Bertz CT molecular complexity index is 1300. The van der Waals surface area contributed by atoms with Crippen molar-refractivity contribution >= 4 is 45.9 Å². The average Bonchev–Trinajstić information content (AvgIpc) is 3.66. The number of fused-ring (bicyclic) bond motifs is 2. The van der Waals surface area contributed by atoms with Crippen molar-refractivity contribution in [1.29, 1.82) is 0 Å². The maximum atomic E-state index is 13.8. The number of alkyl halides is 2. The Morgan fingerprint density at radius 2 is 1.97 bits per heavy atom. The number of nitrogens with zero attached hydrogens (tertiary/aromatic N) is 1. The summed E-state index contributed by atoms with van der Waals surface area (Å²) in [4.78, 5) is 57.0. The Morgan fingerprint density at radius 1 is 1.18 bits per heavy atom. The number of nitrogens with one attached hydrogen (secondary N) is 2. The molecule has 5 atom stereocenters. The Morgan fingerprint density at radius 3 is 2.67 bits per heavy atom. The number of carbonyl (C=O) groups is 4. The van der Waals surface area contributed by atoms with E-state index < -0.39 is 30.5 Å². The van der Waals surface area contributed by atoms with Gasteiger partial charge in [0.1, 0.15) is 23.3 Å². The van der Waals surface area contributed by atoms with Gasteiger partial charge in [0.2, 0.25) is 5.91 Å². The molecule has 8 nitrogen and oxygen atoms in total. The summed E-state index contributed by atoms with van der Waals surface area (Å²) in [7, 11) is 0. The second-order valence-corrected chi connectivity index (χ2v) is 11.3. The van der Waals surface area contributed by atoms with Crippen LogP contribution in [0, 0.1) is 17.8 Å². The second-order valence-electron chi connectivity index (χ2n) is 10.9. The smallest absolute Gasteiger partial charge is 0.387 e. The molecule has 11 heteroatoms. The molecule has 3 fully saturated rings. The summed E-state index contributed by atoms with van der Waals surface area (Å²) < 4.78 is 30.5. The summed E-state index contributed by atoms with van der Waals surface area (Å²) in [5.41, 5.74) is 0.485. The Hall–Kier alpha value is -3.01. The zero-order valence-corrected chi connectivity index (χ0v) is 22.4. The van der Waals surface area contributed by atoms with Crippen molar-refractivity contribution in [2.75, 3.05) is 6.54 Å². The van der Waals surface area contributed by atoms with E-state index in [1.165, 1.54) is 23.1 Å². The lowest BCUT2D eigenvalue weighted by molar-refractivity contribution is -0.131. The number of aromatic amines is 1. The molecule has 2 aliphatic carbocycles. The van der Waals surface area contributed by atoms with Crippen LogP contribution >= 0.6 is 11.6 Å². The van der Waals surface area contributed by atoms with Gasteiger partial charge >= 0.3 is 6.61 Å². The lowest BCUT2D eigenvalue weighted by Crippen LogP contribution is -2.53. The molecule has 1 aromatic heterocycles. The largest absolute Gasteiger partial charge is 0.434 e. The van der Waals surface area contributed by atoms with Gasteiger partial charge in [-0.05, 0) is 62.1 Å². The van der Waals surface area contributed by atoms with Crippen LogP contribution in [-0.2, 0) is 14.4 Å². The molecule has 2 N–H and O–H groups in total. The number of benzene rings is 1. The van der Waals surface area contributed by atoms with Crippen molar-refractivity contribution in [3.05, 3.63) is 28.9 Å². The van der Waals surface area contributed by atoms with E-state index in [1.807, 2.05) is 0 Å². The van der Waals surface area contributed by atoms with E-state index in [9.17, 15) is 28.0 Å². The number of likely N-dealkylation sites (tertiary alicyclic amines) is 1. The quantitative estimate of drug-likeness (QED) is 0.452. The summed E-state index contributed by atoms with van der Waals surface area (Å²) in [5.74, 6) is -1.14. The van der Waals surface area contributed by atoms with Crippen LogP contribution in [0.1, 0.15) is 68.8 Å². The van der Waals surface area contributed by atoms with Crippen LogP contribution in [0.2, 0.25) is 5.02 Å². The Labute approximate surface area is 229 Å². The van der Waals surface area contributed by atoms with Crippen LogP contribution in [0.3, 0.4) is 0 Å². The molecule has 1 aromatic carbocycles. The highest BCUT2D eigenvalue weighted by atomic mass is 35.5. The first-order valence-electron chi connectivity index (χ1n) is 13.6. The fraction of sp³-hybridized carbons (Fsp3) is 0.571. The zero-order valence-electron chi connectivity index (χ0n) is 21.7. The van der Waals surface area contributed by atoms with E-state index in [0.29, 0.717) is 24.9 Å². The number of Topliss-reactive ketones (excluding diaryl/α,β-unsaturated/α-hetero) is 2. The van der Waals surface area contributed by atoms with Gasteiger partial charge in [-0.2, -0.15) is 8.78 Å². The predicted octanol–water partition coefficient (Wildman–Crippen LogP) is 4.89. The van der Waals surface area contributed by atoms with E-state index in [-0.39, 0.29) is 64.0 Å². The van der Waals surface area contributed by atoms with Gasteiger partial charge in [-0.15, -0.1) is 0 Å². The van der Waals surface area contributed by atoms with Crippen molar-refractivity contribution < 1.29 is 32.7 Å². The molecule has 5 unspecified atom stereocenters. The van der Waals surface area contributed by atoms with Crippen molar-refractivity contribution in [2.45, 2.75) is 77.0 Å². The van der Waals surface area contributed by atoms with Crippen molar-refractivity contribution in [3.8, 4) is 5.75 Å². The number of ketones is 2. The lowest BCUT2D eigenvalue weighted by Gasteiger charge is -2.29. The van der Waals surface area contributed by atoms with Crippen LogP contribution in [0.25, 0.3) is 10.9 Å². The van der Waals surface area contributed by atoms with Gasteiger partial charge in [0.15, 0.2) is 5.78 Å². The number of ether oxygens (including phenoxy) is 1. The number of carbonyl (C=O) groups excluding carboxylic acids is 4. The molecular formula is C28H32ClF2N3O5. The minimum atomic E-state index is -3.06. The summed E-state index contributed by atoms with van der Waals surface area (Å²) in [6.45, 7) is -0.957. The second kappa shape index (κ2) is 11.2. The number of H-pyrrole nitrogens is 1. The molecule has 210 valence electrons. The van der Waals surface area contributed by atoms with E-state index in [1.54, 1.807) is 6.92 Å². The van der Waals surface area contributed by atoms with Gasteiger partial charge in [-0.25, -0.2) is 0 Å². The maximum absolute atomic E-state index is 13.8. The van der Waals surface area contributed by atoms with Gasteiger partial charge in [0, 0.05) is 35.7 Å². The van der Waals surface area contributed by atoms with E-state index in [0.717, 1.165) is 25.7 Å². The molecule has 2 aromatic rings. The normalized spacial score (nSPS) is 25.4. The topological polar surface area (TPSA) is 109 Å². The van der Waals surface area contributed by atoms with Crippen LogP contribution in [0.5, 0.6) is 5.75 Å². The monoisotopic (exact) mass is 563 g/mol. The summed E-state index contributed by atoms with van der Waals surface area (Å²) in [6, 6.07) is 2.65. The molecule has 2 heterocycles. The highest BCUT2D eigenvalue weighted by molar-refractivity contribution is 6.31. The molecule has 39 heavy (non-hydrogen) atoms. The fourth-order valence-corrected chi connectivity index (χ4v) is 6.89. The maximum Gasteiger partial charge on any atom is 0.387 e. The molecule has 0 bridgehead atoms. The van der Waals surface area contributed by atoms with Crippen LogP contribution < -0.4 is 10.1 Å². The minimum absolute atomic E-state index is 0.0454. The molecule has 0 spiro atoms. The lowest BCUT2D eigenvalue weighted by atomic mass is 9.91. The molecule has 2 amide bonds. The molecule has 0 radical (unpaired) electrons. The molecule has 1 aliphatic heterocycles. The summed E-state index contributed by atoms with van der Waals surface area (Å²) in [5, 5.41) is 3.35. The average molecular weight is 564 g/mol. The van der Waals surface area contributed by atoms with Crippen LogP contribution in [0.15, 0.2) is 18.2 Å². The summed E-state index contributed by atoms with van der Waals surface area (Å²) >= 11 is 6.07. The van der Waals surface area contributed by atoms with Crippen LogP contribution in [0.4, 0.5) is 8.78 Å². The van der Waals surface area contributed by atoms with E-state index in [2.05, 4.69) is 15.0 Å². The highest BCUT2D eigenvalue weighted by Crippen LogP contribution is 2.43. The standard InChI is InChI=1S/C28H32ClF2N3O5/c1-2-22(35)20(9-14-5-4-8-23(14)36)33-26(37)25-17-7-3-6-15(17)13-34(25)27(38)21-12-18-19(32-21)10-16(29)11-24(18)39-28(30)31/h10-12,14-15,17,20,25,28,32H,2-9,13H2,1H3,(H,33,37). The van der Waals surface area contributed by atoms with Gasteiger partial charge in [0.05, 0.1) is 11.6 Å². The van der Waals surface area contributed by atoms with Crippen molar-refractivity contribution in [3.63, 3.8) is 0 Å². The zero-order chi connectivity index (χ0) is 27.8. The molecule has 3 aliphatic rings. The van der Waals surface area contributed by atoms with Crippen molar-refractivity contribution in [1.82, 2.24) is 15.2 Å². The minimum Gasteiger partial charge on any atom is -0.434 e. The molecule has 5 rings (SSSR count). The number of hydrogen-bond acceptors (Lipinski definition) is 5. The third-order valence-corrected chi connectivity index (χ3v) is 8.75. The highest BCUT2D eigenvalue weighted by Gasteiger charge is 2.50. The van der Waals surface area contributed by atoms with Gasteiger partial charge in [0.25, 0.3) is 5.91 Å². The first-order chi connectivity index (χ1) is 18.7. The summed E-state index contributed by atoms with van der Waals surface area (Å²) in [6.07, 6.45) is 5.14. The first kappa shape index (κ1) is 27.6. The Balaban J connectivity index is 1.41. The van der Waals surface area contributed by atoms with Gasteiger partial charge in [-0.3, -0.25) is 19.2 Å². The third kappa shape index (κ3) is 5.53. The fourth-order valence-electron chi connectivity index (χ4n) is 6.68. The third-order valence-electron chi connectivity index (χ3n) is 8.54. The Kier molecular flexibility index (Phi) is 7.94. The first-order valence-corrected chi connectivity index (χ1v) is 14.0. The predicted molar refractivity (Wildman–Crippen MR) is 140 cm³/mol. The number of amides is 2. The molecule has 2 saturated carbocycles. The molecule has 1 saturated heterocycles. The van der Waals surface area contributed by atoms with Gasteiger partial charge in [-0.1, -0.05) is 24.9 Å². The number of aromatic nitrogens is 1. The van der Waals surface area contributed by atoms with Crippen LogP contribution in [-0.4, -0.2) is 58.5 Å². The van der Waals surface area contributed by atoms with E-state index in [4.69, 9.17) is 11.6 Å². The van der Waals surface area contributed by atoms with E-state index >= 15 is 0 Å². The number of rotatable bonds is 9.